The van der Waals surface area contributed by atoms with Crippen LogP contribution in [-0.4, -0.2) is 5.16 Å². The van der Waals surface area contributed by atoms with Crippen molar-refractivity contribution in [2.24, 2.45) is 0 Å². The first kappa shape index (κ1) is 13.8. The molecule has 2 N–H and O–H groups in total. The lowest BCUT2D eigenvalue weighted by Crippen LogP contribution is -1.93. The summed E-state index contributed by atoms with van der Waals surface area (Å²) in [5, 5.41) is 6.09. The highest BCUT2D eigenvalue weighted by Gasteiger charge is 2.16. The number of aryl methyl sites for hydroxylation is 2. The van der Waals surface area contributed by atoms with Crippen LogP contribution in [0.1, 0.15) is 17.0 Å². The zero-order valence-electron chi connectivity index (χ0n) is 11.4. The smallest absolute Gasteiger partial charge is 0.230 e. The first-order chi connectivity index (χ1) is 10.2. The third kappa shape index (κ3) is 3.13. The molecule has 0 unspecified atom stereocenters. The molecule has 0 saturated heterocycles. The van der Waals surface area contributed by atoms with Crippen molar-refractivity contribution >= 4 is 17.2 Å². The molecule has 108 valence electrons. The van der Waals surface area contributed by atoms with Crippen LogP contribution >= 0.6 is 11.3 Å². The van der Waals surface area contributed by atoms with Gasteiger partial charge in [-0.15, -0.1) is 11.3 Å². The molecule has 0 bridgehead atoms. The number of rotatable bonds is 5. The summed E-state index contributed by atoms with van der Waals surface area (Å²) < 4.78 is 18.5. The summed E-state index contributed by atoms with van der Waals surface area (Å²) in [6, 6.07) is 10.5. The van der Waals surface area contributed by atoms with Crippen LogP contribution in [-0.2, 0) is 12.8 Å². The Hall–Kier alpha value is -2.14. The van der Waals surface area contributed by atoms with E-state index in [4.69, 9.17) is 10.3 Å². The van der Waals surface area contributed by atoms with Crippen LogP contribution in [0.15, 0.2) is 46.3 Å². The van der Waals surface area contributed by atoms with E-state index in [9.17, 15) is 4.39 Å². The summed E-state index contributed by atoms with van der Waals surface area (Å²) in [6.45, 7) is 0. The van der Waals surface area contributed by atoms with Crippen LogP contribution in [0.4, 0.5) is 10.3 Å². The van der Waals surface area contributed by atoms with E-state index in [1.54, 1.807) is 17.4 Å². The molecular formula is C16H15FN2OS. The molecule has 0 amide bonds. The topological polar surface area (TPSA) is 52.0 Å². The fourth-order valence-corrected chi connectivity index (χ4v) is 3.10. The van der Waals surface area contributed by atoms with E-state index >= 15 is 0 Å². The molecule has 21 heavy (non-hydrogen) atoms. The van der Waals surface area contributed by atoms with Crippen molar-refractivity contribution in [2.75, 3.05) is 5.73 Å². The van der Waals surface area contributed by atoms with Gasteiger partial charge in [0.05, 0.1) is 11.3 Å². The Morgan fingerprint density at radius 2 is 2.10 bits per heavy atom. The van der Waals surface area contributed by atoms with E-state index < -0.39 is 0 Å². The second-order valence-corrected chi connectivity index (χ2v) is 5.84. The quantitative estimate of drug-likeness (QED) is 0.764. The maximum atomic E-state index is 13.4. The highest BCUT2D eigenvalue weighted by molar-refractivity contribution is 7.09. The average molecular weight is 302 g/mol. The van der Waals surface area contributed by atoms with E-state index in [1.165, 1.54) is 17.0 Å². The van der Waals surface area contributed by atoms with Crippen molar-refractivity contribution in [2.45, 2.75) is 19.3 Å². The van der Waals surface area contributed by atoms with E-state index in [0.717, 1.165) is 25.0 Å². The van der Waals surface area contributed by atoms with E-state index in [0.29, 0.717) is 11.1 Å². The maximum Gasteiger partial charge on any atom is 0.230 e. The molecule has 5 heteroatoms. The molecule has 0 atom stereocenters. The summed E-state index contributed by atoms with van der Waals surface area (Å²) in [6.07, 6.45) is 2.70. The van der Waals surface area contributed by atoms with Crippen molar-refractivity contribution in [1.29, 1.82) is 0 Å². The number of nitrogens with zero attached hydrogens (tertiary/aromatic N) is 1. The molecule has 0 aliphatic carbocycles. The summed E-state index contributed by atoms with van der Waals surface area (Å²) in [5.74, 6) is -0.0515. The number of aromatic nitrogens is 1. The third-order valence-corrected chi connectivity index (χ3v) is 4.26. The lowest BCUT2D eigenvalue weighted by Gasteiger charge is -2.03. The largest absolute Gasteiger partial charge is 0.367 e. The summed E-state index contributed by atoms with van der Waals surface area (Å²) >= 11 is 1.75. The van der Waals surface area contributed by atoms with Gasteiger partial charge in [-0.1, -0.05) is 23.4 Å². The number of thiophene rings is 1. The average Bonchev–Trinajstić information content (AvgIpc) is 3.09. The van der Waals surface area contributed by atoms with Crippen LogP contribution in [0.2, 0.25) is 0 Å². The van der Waals surface area contributed by atoms with Crippen molar-refractivity contribution < 1.29 is 8.91 Å². The highest BCUT2D eigenvalue weighted by Crippen LogP contribution is 2.31. The number of hydrogen-bond donors (Lipinski definition) is 1. The van der Waals surface area contributed by atoms with Gasteiger partial charge in [-0.05, 0) is 48.4 Å². The zero-order valence-corrected chi connectivity index (χ0v) is 12.2. The Morgan fingerprint density at radius 1 is 1.19 bits per heavy atom. The van der Waals surface area contributed by atoms with E-state index in [1.807, 2.05) is 12.1 Å². The molecule has 0 aliphatic rings. The molecule has 0 fully saturated rings. The molecule has 0 radical (unpaired) electrons. The monoisotopic (exact) mass is 302 g/mol. The molecular weight excluding hydrogens is 287 g/mol. The number of nitrogen functional groups attached to an aromatic ring is 1. The molecule has 3 aromatic rings. The standard InChI is InChI=1S/C16H15FN2OS/c17-12-5-1-4-11(10-12)15-14(19-20-16(15)18)8-2-6-13-7-3-9-21-13/h1,3-5,7,9-10H,2,6,8,18H2. The van der Waals surface area contributed by atoms with Crippen LogP contribution in [0.25, 0.3) is 11.1 Å². The number of hydrogen-bond acceptors (Lipinski definition) is 4. The van der Waals surface area contributed by atoms with Crippen LogP contribution < -0.4 is 5.73 Å². The predicted octanol–water partition coefficient (Wildman–Crippen LogP) is 4.30. The van der Waals surface area contributed by atoms with Crippen molar-refractivity contribution in [3.63, 3.8) is 0 Å². The Balaban J connectivity index is 1.77. The highest BCUT2D eigenvalue weighted by atomic mass is 32.1. The summed E-state index contributed by atoms with van der Waals surface area (Å²) in [7, 11) is 0. The van der Waals surface area contributed by atoms with Gasteiger partial charge in [0.15, 0.2) is 0 Å². The number of anilines is 1. The lowest BCUT2D eigenvalue weighted by atomic mass is 10.0. The van der Waals surface area contributed by atoms with Gasteiger partial charge < -0.3 is 10.3 Å². The summed E-state index contributed by atoms with van der Waals surface area (Å²) in [5.41, 5.74) is 8.04. The molecule has 2 aromatic heterocycles. The second kappa shape index (κ2) is 6.10. The van der Waals surface area contributed by atoms with E-state index in [2.05, 4.69) is 16.6 Å². The molecule has 1 aromatic carbocycles. The summed E-state index contributed by atoms with van der Waals surface area (Å²) in [4.78, 5) is 1.35. The van der Waals surface area contributed by atoms with Crippen LogP contribution in [0, 0.1) is 5.82 Å². The number of halogens is 1. The minimum atomic E-state index is -0.294. The molecule has 0 spiro atoms. The maximum absolute atomic E-state index is 13.4. The fourth-order valence-electron chi connectivity index (χ4n) is 2.35. The Morgan fingerprint density at radius 3 is 2.86 bits per heavy atom. The molecule has 2 heterocycles. The van der Waals surface area contributed by atoms with Gasteiger partial charge in [0.2, 0.25) is 5.88 Å². The number of nitrogens with two attached hydrogens (primary N) is 1. The van der Waals surface area contributed by atoms with E-state index in [-0.39, 0.29) is 11.7 Å². The van der Waals surface area contributed by atoms with Gasteiger partial charge in [-0.3, -0.25) is 0 Å². The predicted molar refractivity (Wildman–Crippen MR) is 82.7 cm³/mol. The first-order valence-corrected chi connectivity index (χ1v) is 7.64. The SMILES string of the molecule is Nc1onc(CCCc2cccs2)c1-c1cccc(F)c1. The Labute approximate surface area is 126 Å². The second-order valence-electron chi connectivity index (χ2n) is 4.81. The lowest BCUT2D eigenvalue weighted by molar-refractivity contribution is 0.426. The minimum absolute atomic E-state index is 0.242. The fraction of sp³-hybridized carbons (Fsp3) is 0.188. The van der Waals surface area contributed by atoms with Gasteiger partial charge >= 0.3 is 0 Å². The third-order valence-electron chi connectivity index (χ3n) is 3.32. The Bertz CT molecular complexity index is 722. The van der Waals surface area contributed by atoms with Crippen molar-refractivity contribution in [3.05, 3.63) is 58.2 Å². The van der Waals surface area contributed by atoms with Crippen LogP contribution in [0.3, 0.4) is 0 Å². The van der Waals surface area contributed by atoms with Crippen LogP contribution in [0.5, 0.6) is 0 Å². The molecule has 0 saturated carbocycles. The van der Waals surface area contributed by atoms with Gasteiger partial charge in [-0.25, -0.2) is 4.39 Å². The molecule has 0 aliphatic heterocycles. The van der Waals surface area contributed by atoms with Gasteiger partial charge in [0.1, 0.15) is 5.82 Å². The van der Waals surface area contributed by atoms with Gasteiger partial charge in [0.25, 0.3) is 0 Å². The normalized spacial score (nSPS) is 10.9. The zero-order chi connectivity index (χ0) is 14.7. The molecule has 3 rings (SSSR count). The van der Waals surface area contributed by atoms with Gasteiger partial charge in [0, 0.05) is 4.88 Å². The van der Waals surface area contributed by atoms with Crippen molar-refractivity contribution in [1.82, 2.24) is 5.16 Å². The van der Waals surface area contributed by atoms with Crippen molar-refractivity contribution in [3.8, 4) is 11.1 Å². The first-order valence-electron chi connectivity index (χ1n) is 6.76. The minimum Gasteiger partial charge on any atom is -0.367 e. The Kier molecular flexibility index (Phi) is 4.01. The molecule has 3 nitrogen and oxygen atoms in total. The van der Waals surface area contributed by atoms with Gasteiger partial charge in [-0.2, -0.15) is 0 Å². The number of benzene rings is 1.